The smallest absolute Gasteiger partial charge is 0.873 e. The molecule has 0 heterocycles. The first-order valence-electron chi connectivity index (χ1n) is 16.0. The standard InChI is InChI=1S/C25H30N2.C14H21BrO2.Ni/c1-7-9-11-25(27-23-16-20(5)13-21(6)17-23)24(10-8-2)26-22-14-18(3)12-19(4)15-22;1-3-5-7-10-9-12(16)14(17)11(13(10)15)8-6-4-2;/h12-17H,7,9,11H2,1-6H3;9,16-17H,3-8H2,1-2H3;/q;;+2/p-2. The third-order valence-corrected chi connectivity index (χ3v) is 8.12. The van der Waals surface area contributed by atoms with Gasteiger partial charge < -0.3 is 10.2 Å². The van der Waals surface area contributed by atoms with Crippen molar-refractivity contribution in [2.45, 2.75) is 113 Å². The summed E-state index contributed by atoms with van der Waals surface area (Å²) in [6.07, 6.45) is 8.74. The summed E-state index contributed by atoms with van der Waals surface area (Å²) in [5.41, 5.74) is 10.2. The monoisotopic (exact) mass is 714 g/mol. The van der Waals surface area contributed by atoms with Gasteiger partial charge in [-0.05, 0) is 137 Å². The second kappa shape index (κ2) is 21.0. The zero-order valence-electron chi connectivity index (χ0n) is 28.3. The van der Waals surface area contributed by atoms with Crippen molar-refractivity contribution in [1.29, 1.82) is 0 Å². The summed E-state index contributed by atoms with van der Waals surface area (Å²) in [6.45, 7) is 16.6. The Balaban J connectivity index is 0.000000487. The van der Waals surface area contributed by atoms with Crippen LogP contribution in [-0.2, 0) is 29.3 Å². The van der Waals surface area contributed by atoms with Crippen LogP contribution in [0.4, 0.5) is 11.4 Å². The number of rotatable bonds is 12. The van der Waals surface area contributed by atoms with Crippen LogP contribution in [0.5, 0.6) is 11.5 Å². The van der Waals surface area contributed by atoms with Gasteiger partial charge in [-0.1, -0.05) is 80.1 Å². The van der Waals surface area contributed by atoms with E-state index in [0.717, 1.165) is 84.2 Å². The molecule has 0 radical (unpaired) electrons. The molecule has 0 saturated heterocycles. The van der Waals surface area contributed by atoms with Gasteiger partial charge in [-0.3, -0.25) is 4.99 Å². The molecule has 0 aliphatic carbocycles. The van der Waals surface area contributed by atoms with Crippen LogP contribution in [0.2, 0.25) is 0 Å². The van der Waals surface area contributed by atoms with Gasteiger partial charge in [0.25, 0.3) is 0 Å². The van der Waals surface area contributed by atoms with Crippen molar-refractivity contribution in [3.63, 3.8) is 0 Å². The predicted octanol–water partition coefficient (Wildman–Crippen LogP) is 10.3. The van der Waals surface area contributed by atoms with Gasteiger partial charge in [-0.25, -0.2) is 4.99 Å². The van der Waals surface area contributed by atoms with Crippen molar-refractivity contribution in [3.8, 4) is 23.3 Å². The Kier molecular flexibility index (Phi) is 18.8. The molecule has 3 rings (SSSR count). The zero-order chi connectivity index (χ0) is 32.6. The Morgan fingerprint density at radius 1 is 0.711 bits per heavy atom. The normalized spacial score (nSPS) is 11.2. The van der Waals surface area contributed by atoms with E-state index >= 15 is 0 Å². The molecule has 0 aromatic heterocycles. The second-order valence-electron chi connectivity index (χ2n) is 11.6. The Hall–Kier alpha value is -2.87. The van der Waals surface area contributed by atoms with E-state index in [2.05, 4.69) is 113 Å². The van der Waals surface area contributed by atoms with Crippen molar-refractivity contribution in [1.82, 2.24) is 0 Å². The molecule has 0 saturated carbocycles. The fraction of sp³-hybridized carbons (Fsp3) is 0.436. The molecule has 0 unspecified atom stereocenters. The maximum atomic E-state index is 11.8. The second-order valence-corrected chi connectivity index (χ2v) is 12.3. The van der Waals surface area contributed by atoms with Crippen LogP contribution in [0.3, 0.4) is 0 Å². The fourth-order valence-corrected chi connectivity index (χ4v) is 5.72. The molecule has 4 nitrogen and oxygen atoms in total. The summed E-state index contributed by atoms with van der Waals surface area (Å²) >= 11 is 3.49. The Bertz CT molecular complexity index is 1480. The van der Waals surface area contributed by atoms with Crippen molar-refractivity contribution in [3.05, 3.63) is 80.3 Å². The molecule has 0 bridgehead atoms. The van der Waals surface area contributed by atoms with Crippen LogP contribution in [-0.4, -0.2) is 11.4 Å². The number of nitrogens with zero attached hydrogens (tertiary/aromatic N) is 2. The third-order valence-electron chi connectivity index (χ3n) is 7.13. The Labute approximate surface area is 291 Å². The number of benzene rings is 3. The number of aliphatic imine (C=N–C) groups is 2. The van der Waals surface area contributed by atoms with Crippen molar-refractivity contribution in [2.24, 2.45) is 9.98 Å². The van der Waals surface area contributed by atoms with Gasteiger partial charge in [0, 0.05) is 4.47 Å². The largest absolute Gasteiger partial charge is 2.00 e. The zero-order valence-corrected chi connectivity index (χ0v) is 30.9. The van der Waals surface area contributed by atoms with E-state index < -0.39 is 0 Å². The topological polar surface area (TPSA) is 70.8 Å². The summed E-state index contributed by atoms with van der Waals surface area (Å²) in [7, 11) is 0. The van der Waals surface area contributed by atoms with E-state index in [1.54, 1.807) is 0 Å². The van der Waals surface area contributed by atoms with E-state index in [9.17, 15) is 10.2 Å². The molecule has 0 amide bonds. The third kappa shape index (κ3) is 13.6. The van der Waals surface area contributed by atoms with E-state index in [1.807, 2.05) is 6.92 Å². The first-order valence-corrected chi connectivity index (χ1v) is 16.8. The van der Waals surface area contributed by atoms with E-state index in [1.165, 1.54) is 28.3 Å². The average Bonchev–Trinajstić information content (AvgIpc) is 2.95. The molecular formula is C39H49BrN2NiO2. The Morgan fingerprint density at radius 3 is 1.69 bits per heavy atom. The van der Waals surface area contributed by atoms with Gasteiger partial charge in [0.15, 0.2) is 0 Å². The first-order chi connectivity index (χ1) is 21.0. The number of unbranched alkanes of at least 4 members (excludes halogenated alkanes) is 3. The van der Waals surface area contributed by atoms with Crippen molar-refractivity contribution >= 4 is 38.7 Å². The van der Waals surface area contributed by atoms with E-state index in [4.69, 9.17) is 9.98 Å². The molecule has 0 aliphatic heterocycles. The van der Waals surface area contributed by atoms with Gasteiger partial charge in [0.05, 0.1) is 17.1 Å². The molecule has 6 heteroatoms. The molecule has 0 spiro atoms. The van der Waals surface area contributed by atoms with Gasteiger partial charge in [0.2, 0.25) is 0 Å². The molecule has 244 valence electrons. The number of hydrogen-bond acceptors (Lipinski definition) is 4. The number of halogens is 1. The maximum Gasteiger partial charge on any atom is 2.00 e. The van der Waals surface area contributed by atoms with Gasteiger partial charge in [0.1, 0.15) is 5.71 Å². The number of hydrogen-bond donors (Lipinski definition) is 0. The number of aryl methyl sites for hydroxylation is 5. The molecular weight excluding hydrogens is 667 g/mol. The molecule has 0 fully saturated rings. The van der Waals surface area contributed by atoms with Gasteiger partial charge >= 0.3 is 16.5 Å². The summed E-state index contributed by atoms with van der Waals surface area (Å²) in [6, 6.07) is 14.3. The summed E-state index contributed by atoms with van der Waals surface area (Å²) in [4.78, 5) is 9.84. The molecule has 3 aromatic carbocycles. The van der Waals surface area contributed by atoms with Crippen LogP contribution < -0.4 is 10.2 Å². The summed E-state index contributed by atoms with van der Waals surface area (Å²) in [5, 5.41) is 23.4. The molecule has 0 N–H and O–H groups in total. The minimum atomic E-state index is -0.356. The van der Waals surface area contributed by atoms with Crippen molar-refractivity contribution < 1.29 is 26.7 Å². The van der Waals surface area contributed by atoms with Crippen LogP contribution >= 0.6 is 15.9 Å². The van der Waals surface area contributed by atoms with Crippen LogP contribution in [0.1, 0.15) is 106 Å². The SMILES string of the molecule is CC#CC(=Nc1cc(C)cc(C)c1)C(CCCC)=Nc1cc(C)cc(C)c1.CCCCc1cc([O-])c([O-])c(CCCC)c1Br.[Ni+2]. The molecule has 0 aliphatic rings. The van der Waals surface area contributed by atoms with Crippen molar-refractivity contribution in [2.75, 3.05) is 0 Å². The predicted molar refractivity (Wildman–Crippen MR) is 189 cm³/mol. The fourth-order valence-electron chi connectivity index (χ4n) is 5.03. The first kappa shape index (κ1) is 40.2. The van der Waals surface area contributed by atoms with Crippen LogP contribution in [0.15, 0.2) is 56.9 Å². The minimum absolute atomic E-state index is 0. The van der Waals surface area contributed by atoms with Crippen LogP contribution in [0, 0.1) is 39.5 Å². The average molecular weight is 716 g/mol. The summed E-state index contributed by atoms with van der Waals surface area (Å²) < 4.78 is 0.865. The molecule has 3 aromatic rings. The van der Waals surface area contributed by atoms with E-state index in [0.29, 0.717) is 12.0 Å². The Morgan fingerprint density at radius 2 is 1.20 bits per heavy atom. The van der Waals surface area contributed by atoms with Gasteiger partial charge in [-0.15, -0.1) is 11.5 Å². The maximum absolute atomic E-state index is 11.8. The minimum Gasteiger partial charge on any atom is -0.873 e. The quantitative estimate of drug-likeness (QED) is 0.106. The van der Waals surface area contributed by atoms with Crippen LogP contribution in [0.25, 0.3) is 0 Å². The van der Waals surface area contributed by atoms with Gasteiger partial charge in [-0.2, -0.15) is 0 Å². The molecule has 0 atom stereocenters. The van der Waals surface area contributed by atoms with E-state index in [-0.39, 0.29) is 28.0 Å². The summed E-state index contributed by atoms with van der Waals surface area (Å²) in [5.74, 6) is 5.53. The molecule has 45 heavy (non-hydrogen) atoms.